The smallest absolute Gasteiger partial charge is 0.298 e. The van der Waals surface area contributed by atoms with Gasteiger partial charge >= 0.3 is 0 Å². The second-order valence-electron chi connectivity index (χ2n) is 6.59. The summed E-state index contributed by atoms with van der Waals surface area (Å²) in [6, 6.07) is 7.59. The number of benzene rings is 2. The van der Waals surface area contributed by atoms with Crippen LogP contribution in [-0.2, 0) is 5.92 Å². The molecule has 2 heterocycles. The Kier molecular flexibility index (Phi) is 3.97. The Morgan fingerprint density at radius 3 is 2.60 bits per heavy atom. The van der Waals surface area contributed by atoms with E-state index in [0.29, 0.717) is 14.8 Å². The molecule has 0 atom stereocenters. The minimum absolute atomic E-state index is 0.0938. The summed E-state index contributed by atoms with van der Waals surface area (Å²) in [6.07, 6.45) is 2.15. The van der Waals surface area contributed by atoms with Gasteiger partial charge in [0.25, 0.3) is 11.8 Å². The van der Waals surface area contributed by atoms with Crippen LogP contribution in [0.1, 0.15) is 39.9 Å². The molecule has 2 aromatic carbocycles. The molecule has 1 N–H and O–H groups in total. The summed E-state index contributed by atoms with van der Waals surface area (Å²) in [6.45, 7) is 3.43. The van der Waals surface area contributed by atoms with Crippen molar-refractivity contribution < 1.29 is 13.6 Å². The fraction of sp³-hybridized carbons (Fsp3) is 0.316. The van der Waals surface area contributed by atoms with Crippen molar-refractivity contribution in [2.45, 2.75) is 25.7 Å². The van der Waals surface area contributed by atoms with Crippen LogP contribution < -0.4 is 10.2 Å². The maximum atomic E-state index is 15.2. The predicted molar refractivity (Wildman–Crippen MR) is 103 cm³/mol. The van der Waals surface area contributed by atoms with Gasteiger partial charge in [0.15, 0.2) is 0 Å². The molecule has 2 aliphatic rings. The summed E-state index contributed by atoms with van der Waals surface area (Å²) in [5.41, 5.74) is 1.84. The van der Waals surface area contributed by atoms with E-state index in [1.807, 2.05) is 22.6 Å². The third-order valence-corrected chi connectivity index (χ3v) is 6.12. The van der Waals surface area contributed by atoms with E-state index in [0.717, 1.165) is 31.6 Å². The van der Waals surface area contributed by atoms with Gasteiger partial charge in [0.1, 0.15) is 0 Å². The van der Waals surface area contributed by atoms with Gasteiger partial charge < -0.3 is 10.2 Å². The second kappa shape index (κ2) is 5.93. The number of nitrogens with one attached hydrogen (secondary N) is 1. The minimum Gasteiger partial charge on any atom is -0.370 e. The van der Waals surface area contributed by atoms with Gasteiger partial charge in [-0.25, -0.2) is 0 Å². The average Bonchev–Trinajstić information content (AvgIpc) is 3.10. The highest BCUT2D eigenvalue weighted by atomic mass is 127. The molecule has 2 aliphatic heterocycles. The zero-order chi connectivity index (χ0) is 17.8. The molecule has 4 bridgehead atoms. The van der Waals surface area contributed by atoms with Crippen LogP contribution >= 0.6 is 22.6 Å². The van der Waals surface area contributed by atoms with Crippen LogP contribution in [0.5, 0.6) is 0 Å². The van der Waals surface area contributed by atoms with Gasteiger partial charge in [0.05, 0.1) is 11.4 Å². The zero-order valence-corrected chi connectivity index (χ0v) is 15.9. The highest BCUT2D eigenvalue weighted by molar-refractivity contribution is 14.1. The highest BCUT2D eigenvalue weighted by Gasteiger charge is 2.38. The Hall–Kier alpha value is -1.70. The van der Waals surface area contributed by atoms with E-state index in [2.05, 4.69) is 10.2 Å². The summed E-state index contributed by atoms with van der Waals surface area (Å²) in [5.74, 6) is -3.50. The number of amides is 1. The Morgan fingerprint density at radius 2 is 1.88 bits per heavy atom. The maximum absolute atomic E-state index is 15.2. The lowest BCUT2D eigenvalue weighted by Crippen LogP contribution is -2.21. The number of anilines is 2. The van der Waals surface area contributed by atoms with Crippen molar-refractivity contribution in [2.75, 3.05) is 23.3 Å². The van der Waals surface area contributed by atoms with Crippen LogP contribution in [0, 0.1) is 10.5 Å². The number of carbonyl (C=O) groups excluding carboxylic acids is 1. The van der Waals surface area contributed by atoms with Crippen molar-refractivity contribution in [2.24, 2.45) is 0 Å². The number of halogens is 3. The maximum Gasteiger partial charge on any atom is 0.298 e. The summed E-state index contributed by atoms with van der Waals surface area (Å²) in [7, 11) is 0. The van der Waals surface area contributed by atoms with Crippen molar-refractivity contribution in [1.29, 1.82) is 0 Å². The number of carbonyl (C=O) groups is 1. The molecule has 130 valence electrons. The van der Waals surface area contributed by atoms with E-state index in [1.54, 1.807) is 19.1 Å². The highest BCUT2D eigenvalue weighted by Crippen LogP contribution is 2.43. The van der Waals surface area contributed by atoms with E-state index in [4.69, 9.17) is 0 Å². The first-order valence-electron chi connectivity index (χ1n) is 8.27. The van der Waals surface area contributed by atoms with Crippen LogP contribution in [0.15, 0.2) is 30.3 Å². The summed E-state index contributed by atoms with van der Waals surface area (Å²) < 4.78 is 31.1. The lowest BCUT2D eigenvalue weighted by atomic mass is 9.94. The normalized spacial score (nSPS) is 18.4. The number of rotatable bonds is 1. The van der Waals surface area contributed by atoms with Gasteiger partial charge in [0.2, 0.25) is 0 Å². The fourth-order valence-electron chi connectivity index (χ4n) is 3.55. The molecule has 0 aliphatic carbocycles. The summed E-state index contributed by atoms with van der Waals surface area (Å²) in [5, 5.41) is 2.85. The van der Waals surface area contributed by atoms with Crippen molar-refractivity contribution in [3.8, 4) is 0 Å². The third-order valence-electron chi connectivity index (χ3n) is 5.00. The second-order valence-corrected chi connectivity index (χ2v) is 7.75. The van der Waals surface area contributed by atoms with E-state index in [-0.39, 0.29) is 22.6 Å². The molecule has 4 rings (SSSR count). The SMILES string of the molecule is Cc1c(I)cc2cc1C(F)(F)c1ccc(N3CCCC3)c(c1)NC2=O. The van der Waals surface area contributed by atoms with Crippen LogP contribution in [0.2, 0.25) is 0 Å². The van der Waals surface area contributed by atoms with Crippen molar-refractivity contribution >= 4 is 39.9 Å². The van der Waals surface area contributed by atoms with E-state index < -0.39 is 5.92 Å². The molecule has 0 unspecified atom stereocenters. The fourth-order valence-corrected chi connectivity index (χ4v) is 4.18. The monoisotopic (exact) mass is 454 g/mol. The topological polar surface area (TPSA) is 32.3 Å². The predicted octanol–water partition coefficient (Wildman–Crippen LogP) is 4.91. The van der Waals surface area contributed by atoms with Crippen LogP contribution in [-0.4, -0.2) is 19.0 Å². The van der Waals surface area contributed by atoms with E-state index in [1.165, 1.54) is 18.2 Å². The Morgan fingerprint density at radius 1 is 1.16 bits per heavy atom. The van der Waals surface area contributed by atoms with Crippen LogP contribution in [0.25, 0.3) is 0 Å². The molecule has 1 fully saturated rings. The average molecular weight is 454 g/mol. The quantitative estimate of drug-likeness (QED) is 0.622. The Labute approximate surface area is 158 Å². The molecule has 1 saturated heterocycles. The molecular weight excluding hydrogens is 437 g/mol. The van der Waals surface area contributed by atoms with E-state index in [9.17, 15) is 4.79 Å². The number of hydrogen-bond acceptors (Lipinski definition) is 2. The molecule has 6 heteroatoms. The lowest BCUT2D eigenvalue weighted by Gasteiger charge is -2.24. The molecule has 25 heavy (non-hydrogen) atoms. The molecule has 1 amide bonds. The number of nitrogens with zero attached hydrogens (tertiary/aromatic N) is 1. The molecule has 0 radical (unpaired) electrons. The molecule has 0 aromatic heterocycles. The zero-order valence-electron chi connectivity index (χ0n) is 13.7. The first kappa shape index (κ1) is 16.8. The summed E-state index contributed by atoms with van der Waals surface area (Å²) >= 11 is 2.01. The van der Waals surface area contributed by atoms with Gasteiger partial charge in [0, 0.05) is 33.4 Å². The van der Waals surface area contributed by atoms with Gasteiger partial charge in [-0.15, -0.1) is 0 Å². The largest absolute Gasteiger partial charge is 0.370 e. The minimum atomic E-state index is -3.15. The first-order valence-corrected chi connectivity index (χ1v) is 9.35. The van der Waals surface area contributed by atoms with Gasteiger partial charge in [-0.1, -0.05) is 6.07 Å². The Balaban J connectivity index is 1.94. The lowest BCUT2D eigenvalue weighted by molar-refractivity contribution is 0.0421. The number of alkyl halides is 2. The van der Waals surface area contributed by atoms with Gasteiger partial charge in [-0.3, -0.25) is 4.79 Å². The Bertz CT molecular complexity index is 876. The van der Waals surface area contributed by atoms with Gasteiger partial charge in [-0.05, 0) is 72.2 Å². The molecule has 3 nitrogen and oxygen atoms in total. The third kappa shape index (κ3) is 2.70. The van der Waals surface area contributed by atoms with Crippen molar-refractivity contribution in [3.63, 3.8) is 0 Å². The van der Waals surface area contributed by atoms with Crippen molar-refractivity contribution in [3.05, 3.63) is 56.2 Å². The van der Waals surface area contributed by atoms with Crippen molar-refractivity contribution in [1.82, 2.24) is 0 Å². The van der Waals surface area contributed by atoms with Gasteiger partial charge in [-0.2, -0.15) is 8.78 Å². The molecule has 2 aromatic rings. The first-order chi connectivity index (χ1) is 11.9. The number of fused-ring (bicyclic) bond motifs is 4. The molecule has 0 saturated carbocycles. The molecule has 0 spiro atoms. The molecular formula is C19H17F2IN2O. The standard InChI is InChI=1S/C19H17F2IN2O/c1-11-14-8-12(9-15(11)22)18(25)23-16-10-13(19(14,20)21)4-5-17(16)24-6-2-3-7-24/h4-5,8-10H,2-3,6-7H2,1H3,(H,23,25). The number of hydrogen-bond donors (Lipinski definition) is 1. The summed E-state index contributed by atoms with van der Waals surface area (Å²) in [4.78, 5) is 14.8. The van der Waals surface area contributed by atoms with Crippen LogP contribution in [0.4, 0.5) is 20.2 Å². The van der Waals surface area contributed by atoms with E-state index >= 15 is 8.78 Å². The van der Waals surface area contributed by atoms with Crippen LogP contribution in [0.3, 0.4) is 0 Å².